The molecule has 0 saturated carbocycles. The molecule has 2 rings (SSSR count). The molecule has 0 aromatic heterocycles. The molecule has 1 aliphatic rings. The fourth-order valence-corrected chi connectivity index (χ4v) is 1.70. The van der Waals surface area contributed by atoms with Crippen LogP contribution in [0, 0.1) is 11.3 Å². The van der Waals surface area contributed by atoms with E-state index < -0.39 is 6.29 Å². The Morgan fingerprint density at radius 1 is 1.59 bits per heavy atom. The number of halogens is 1. The quantitative estimate of drug-likeness (QED) is 0.771. The van der Waals surface area contributed by atoms with Crippen molar-refractivity contribution in [2.75, 3.05) is 6.61 Å². The highest BCUT2D eigenvalue weighted by molar-refractivity contribution is 6.30. The molecule has 0 radical (unpaired) electrons. The zero-order valence-corrected chi connectivity index (χ0v) is 9.78. The predicted octanol–water partition coefficient (Wildman–Crippen LogP) is 3.17. The van der Waals surface area contributed by atoms with Gasteiger partial charge in [0, 0.05) is 10.6 Å². The van der Waals surface area contributed by atoms with Crippen molar-refractivity contribution in [2.24, 2.45) is 0 Å². The molecule has 0 amide bonds. The van der Waals surface area contributed by atoms with Gasteiger partial charge in [0.25, 0.3) is 0 Å². The highest BCUT2D eigenvalue weighted by Crippen LogP contribution is 2.31. The highest BCUT2D eigenvalue weighted by Gasteiger charge is 2.23. The maximum atomic E-state index is 9.02. The van der Waals surface area contributed by atoms with Gasteiger partial charge in [0.2, 0.25) is 6.29 Å². The number of fused-ring (bicyclic) bond motifs is 1. The zero-order valence-electron chi connectivity index (χ0n) is 9.02. The summed E-state index contributed by atoms with van der Waals surface area (Å²) in [4.78, 5) is 0. The van der Waals surface area contributed by atoms with Crippen LogP contribution in [0.3, 0.4) is 0 Å². The van der Waals surface area contributed by atoms with Gasteiger partial charge in [0.05, 0.1) is 12.2 Å². The second-order valence-corrected chi connectivity index (χ2v) is 3.90. The molecule has 86 valence electrons. The van der Waals surface area contributed by atoms with E-state index in [1.807, 2.05) is 0 Å². The van der Waals surface area contributed by atoms with E-state index in [9.17, 15) is 0 Å². The molecular weight excluding hydrogens is 238 g/mol. The summed E-state index contributed by atoms with van der Waals surface area (Å²) >= 11 is 5.88. The number of hydrogen-bond donors (Lipinski definition) is 0. The van der Waals surface area contributed by atoms with Crippen molar-refractivity contribution in [3.05, 3.63) is 47.0 Å². The first-order chi connectivity index (χ1) is 8.24. The van der Waals surface area contributed by atoms with Crippen molar-refractivity contribution in [2.45, 2.75) is 6.29 Å². The van der Waals surface area contributed by atoms with Gasteiger partial charge in [-0.2, -0.15) is 5.26 Å². The lowest BCUT2D eigenvalue weighted by Gasteiger charge is -2.23. The van der Waals surface area contributed by atoms with Crippen molar-refractivity contribution in [3.63, 3.8) is 0 Å². The largest absolute Gasteiger partial charge is 0.459 e. The van der Waals surface area contributed by atoms with Crippen molar-refractivity contribution >= 4 is 17.7 Å². The van der Waals surface area contributed by atoms with Crippen LogP contribution in [0.15, 0.2) is 36.4 Å². The predicted molar refractivity (Wildman–Crippen MR) is 65.6 cm³/mol. The lowest BCUT2D eigenvalue weighted by molar-refractivity contribution is -0.0399. The van der Waals surface area contributed by atoms with Crippen LogP contribution in [0.2, 0.25) is 5.02 Å². The number of benzene rings is 1. The number of rotatable bonds is 3. The second kappa shape index (κ2) is 5.05. The summed E-state index contributed by atoms with van der Waals surface area (Å²) in [7, 11) is 0. The van der Waals surface area contributed by atoms with E-state index in [-0.39, 0.29) is 0 Å². The number of hydrogen-bond acceptors (Lipinski definition) is 3. The second-order valence-electron chi connectivity index (χ2n) is 3.47. The molecule has 1 aromatic carbocycles. The molecule has 0 N–H and O–H groups in total. The maximum absolute atomic E-state index is 9.02. The number of ether oxygens (including phenoxy) is 2. The summed E-state index contributed by atoms with van der Waals surface area (Å²) < 4.78 is 10.9. The molecule has 1 atom stereocenters. The van der Waals surface area contributed by atoms with Gasteiger partial charge in [-0.25, -0.2) is 0 Å². The van der Waals surface area contributed by atoms with Gasteiger partial charge < -0.3 is 9.47 Å². The molecule has 0 aliphatic carbocycles. The normalized spacial score (nSPS) is 17.4. The van der Waals surface area contributed by atoms with Gasteiger partial charge in [0.1, 0.15) is 11.8 Å². The van der Waals surface area contributed by atoms with Crippen LogP contribution < -0.4 is 4.74 Å². The lowest BCUT2D eigenvalue weighted by atomic mass is 10.1. The van der Waals surface area contributed by atoms with Gasteiger partial charge in [-0.1, -0.05) is 17.7 Å². The standard InChI is InChI=1S/C13H10ClNO2/c1-2-5-16-13-10(8-15)6-9-7-11(14)3-4-12(9)17-13/h2-4,6-7,13H,1,5H2/t13-/m1/s1. The van der Waals surface area contributed by atoms with Gasteiger partial charge >= 0.3 is 0 Å². The van der Waals surface area contributed by atoms with Crippen LogP contribution >= 0.6 is 11.6 Å². The van der Waals surface area contributed by atoms with E-state index in [0.29, 0.717) is 23.0 Å². The van der Waals surface area contributed by atoms with Gasteiger partial charge in [-0.15, -0.1) is 6.58 Å². The Labute approximate surface area is 105 Å². The van der Waals surface area contributed by atoms with Crippen molar-refractivity contribution in [1.82, 2.24) is 0 Å². The average molecular weight is 248 g/mol. The Hall–Kier alpha value is -1.76. The van der Waals surface area contributed by atoms with Crippen molar-refractivity contribution in [1.29, 1.82) is 5.26 Å². The molecule has 17 heavy (non-hydrogen) atoms. The van der Waals surface area contributed by atoms with E-state index in [4.69, 9.17) is 26.3 Å². The fraction of sp³-hybridized carbons (Fsp3) is 0.154. The van der Waals surface area contributed by atoms with E-state index in [2.05, 4.69) is 12.6 Å². The molecule has 0 bridgehead atoms. The van der Waals surface area contributed by atoms with E-state index in [0.717, 1.165) is 5.56 Å². The first-order valence-corrected chi connectivity index (χ1v) is 5.43. The van der Waals surface area contributed by atoms with Crippen LogP contribution in [0.4, 0.5) is 0 Å². The zero-order chi connectivity index (χ0) is 12.3. The van der Waals surface area contributed by atoms with Crippen LogP contribution in [0.1, 0.15) is 5.56 Å². The molecule has 1 aromatic rings. The number of nitriles is 1. The molecule has 0 unspecified atom stereocenters. The van der Waals surface area contributed by atoms with Crippen molar-refractivity contribution < 1.29 is 9.47 Å². The van der Waals surface area contributed by atoms with Crippen LogP contribution in [-0.4, -0.2) is 12.9 Å². The minimum absolute atomic E-state index is 0.326. The smallest absolute Gasteiger partial charge is 0.236 e. The molecule has 0 spiro atoms. The Bertz CT molecular complexity index is 517. The van der Waals surface area contributed by atoms with Gasteiger partial charge in [-0.3, -0.25) is 0 Å². The molecule has 1 heterocycles. The van der Waals surface area contributed by atoms with Gasteiger partial charge in [-0.05, 0) is 24.3 Å². The third-order valence-corrected chi connectivity index (χ3v) is 2.50. The van der Waals surface area contributed by atoms with Crippen molar-refractivity contribution in [3.8, 4) is 11.8 Å². The molecule has 3 nitrogen and oxygen atoms in total. The molecule has 0 fully saturated rings. The number of nitrogens with zero attached hydrogens (tertiary/aromatic N) is 1. The first-order valence-electron chi connectivity index (χ1n) is 5.05. The van der Waals surface area contributed by atoms with Crippen LogP contribution in [0.25, 0.3) is 6.08 Å². The fourth-order valence-electron chi connectivity index (χ4n) is 1.52. The van der Waals surface area contributed by atoms with Crippen LogP contribution in [-0.2, 0) is 4.74 Å². The summed E-state index contributed by atoms with van der Waals surface area (Å²) in [5.74, 6) is 0.655. The third kappa shape index (κ3) is 2.50. The van der Waals surface area contributed by atoms with E-state index in [1.54, 1.807) is 30.4 Å². The summed E-state index contributed by atoms with van der Waals surface area (Å²) in [5.41, 5.74) is 1.20. The third-order valence-electron chi connectivity index (χ3n) is 2.27. The van der Waals surface area contributed by atoms with Crippen LogP contribution in [0.5, 0.6) is 5.75 Å². The maximum Gasteiger partial charge on any atom is 0.236 e. The topological polar surface area (TPSA) is 42.2 Å². The molecule has 4 heteroatoms. The van der Waals surface area contributed by atoms with E-state index in [1.165, 1.54) is 0 Å². The Morgan fingerprint density at radius 2 is 2.41 bits per heavy atom. The Kier molecular flexibility index (Phi) is 3.48. The monoisotopic (exact) mass is 247 g/mol. The molecule has 0 saturated heterocycles. The van der Waals surface area contributed by atoms with E-state index >= 15 is 0 Å². The summed E-state index contributed by atoms with van der Waals surface area (Å²) in [6.45, 7) is 3.88. The summed E-state index contributed by atoms with van der Waals surface area (Å²) in [6.07, 6.45) is 2.65. The SMILES string of the molecule is C=CCO[C@@H]1Oc2ccc(Cl)cc2C=C1C#N. The average Bonchev–Trinajstić information content (AvgIpc) is 2.35. The summed E-state index contributed by atoms with van der Waals surface area (Å²) in [5, 5.41) is 9.62. The van der Waals surface area contributed by atoms with Gasteiger partial charge in [0.15, 0.2) is 0 Å². The first kappa shape index (κ1) is 11.7. The summed E-state index contributed by atoms with van der Waals surface area (Å²) in [6, 6.07) is 7.29. The highest BCUT2D eigenvalue weighted by atomic mass is 35.5. The lowest BCUT2D eigenvalue weighted by Crippen LogP contribution is -2.25. The Morgan fingerprint density at radius 3 is 3.12 bits per heavy atom. The molecular formula is C13H10ClNO2. The molecule has 1 aliphatic heterocycles. The minimum atomic E-state index is -0.674. The Balaban J connectivity index is 2.32. The minimum Gasteiger partial charge on any atom is -0.459 e.